The summed E-state index contributed by atoms with van der Waals surface area (Å²) in [6, 6.07) is 8.77. The van der Waals surface area contributed by atoms with Crippen LogP contribution in [0.4, 0.5) is 0 Å². The van der Waals surface area contributed by atoms with E-state index in [4.69, 9.17) is 0 Å². The zero-order valence-corrected chi connectivity index (χ0v) is 14.0. The average molecular weight is 328 g/mol. The fourth-order valence-corrected chi connectivity index (χ4v) is 2.43. The summed E-state index contributed by atoms with van der Waals surface area (Å²) in [5.74, 6) is 0. The Bertz CT molecular complexity index is 369. The lowest BCUT2D eigenvalue weighted by molar-refractivity contribution is 0.117. The molecule has 0 aromatic heterocycles. The molecule has 0 saturated heterocycles. The summed E-state index contributed by atoms with van der Waals surface area (Å²) < 4.78 is 1.11. The van der Waals surface area contributed by atoms with Crippen molar-refractivity contribution in [3.63, 3.8) is 0 Å². The molecule has 0 aliphatic heterocycles. The van der Waals surface area contributed by atoms with Crippen LogP contribution in [0.1, 0.15) is 39.7 Å². The number of hydrogen-bond donors (Lipinski definition) is 2. The van der Waals surface area contributed by atoms with Gasteiger partial charge < -0.3 is 10.4 Å². The van der Waals surface area contributed by atoms with Crippen LogP contribution in [0.15, 0.2) is 28.7 Å². The zero-order chi connectivity index (χ0) is 14.5. The van der Waals surface area contributed by atoms with E-state index in [2.05, 4.69) is 73.2 Å². The minimum absolute atomic E-state index is 0.177. The Kier molecular flexibility index (Phi) is 6.51. The SMILES string of the molecule is CC(Cc1ccc(Br)cc1)NCC(O)CC(C)(C)C. The van der Waals surface area contributed by atoms with Crippen LogP contribution in [0.2, 0.25) is 0 Å². The minimum atomic E-state index is -0.271. The van der Waals surface area contributed by atoms with E-state index < -0.39 is 0 Å². The second kappa shape index (κ2) is 7.41. The van der Waals surface area contributed by atoms with Gasteiger partial charge >= 0.3 is 0 Å². The molecule has 0 aliphatic rings. The van der Waals surface area contributed by atoms with Gasteiger partial charge in [0.25, 0.3) is 0 Å². The molecule has 0 radical (unpaired) electrons. The number of nitrogens with one attached hydrogen (secondary N) is 1. The van der Waals surface area contributed by atoms with Gasteiger partial charge in [0.2, 0.25) is 0 Å². The maximum Gasteiger partial charge on any atom is 0.0669 e. The average Bonchev–Trinajstić information content (AvgIpc) is 2.27. The van der Waals surface area contributed by atoms with Crippen molar-refractivity contribution in [1.82, 2.24) is 5.32 Å². The number of benzene rings is 1. The van der Waals surface area contributed by atoms with E-state index in [0.717, 1.165) is 17.3 Å². The maximum absolute atomic E-state index is 9.97. The van der Waals surface area contributed by atoms with Crippen LogP contribution < -0.4 is 5.32 Å². The molecule has 2 N–H and O–H groups in total. The molecule has 0 bridgehead atoms. The summed E-state index contributed by atoms with van der Waals surface area (Å²) in [4.78, 5) is 0. The lowest BCUT2D eigenvalue weighted by Gasteiger charge is -2.24. The molecule has 0 heterocycles. The van der Waals surface area contributed by atoms with E-state index in [1.54, 1.807) is 0 Å². The highest BCUT2D eigenvalue weighted by Gasteiger charge is 2.17. The number of hydrogen-bond acceptors (Lipinski definition) is 2. The summed E-state index contributed by atoms with van der Waals surface area (Å²) in [6.07, 6.45) is 1.54. The molecule has 0 amide bonds. The van der Waals surface area contributed by atoms with E-state index in [-0.39, 0.29) is 11.5 Å². The van der Waals surface area contributed by atoms with Gasteiger partial charge in [0, 0.05) is 17.1 Å². The van der Waals surface area contributed by atoms with Crippen LogP contribution in [0.25, 0.3) is 0 Å². The van der Waals surface area contributed by atoms with Crippen LogP contribution in [-0.2, 0) is 6.42 Å². The summed E-state index contributed by atoms with van der Waals surface area (Å²) in [7, 11) is 0. The molecule has 0 aliphatic carbocycles. The van der Waals surface area contributed by atoms with Crippen molar-refractivity contribution in [3.8, 4) is 0 Å². The standard InChI is InChI=1S/C16H26BrNO/c1-12(9-13-5-7-14(17)8-6-13)18-11-15(19)10-16(2,3)4/h5-8,12,15,18-19H,9-11H2,1-4H3. The van der Waals surface area contributed by atoms with Gasteiger partial charge in [0.1, 0.15) is 0 Å². The van der Waals surface area contributed by atoms with Crippen molar-refractivity contribution >= 4 is 15.9 Å². The first-order valence-corrected chi connectivity index (χ1v) is 7.71. The zero-order valence-electron chi connectivity index (χ0n) is 12.4. The Balaban J connectivity index is 2.31. The Morgan fingerprint density at radius 1 is 1.21 bits per heavy atom. The van der Waals surface area contributed by atoms with Gasteiger partial charge in [-0.3, -0.25) is 0 Å². The molecule has 19 heavy (non-hydrogen) atoms. The topological polar surface area (TPSA) is 32.3 Å². The van der Waals surface area contributed by atoms with Gasteiger partial charge in [0.05, 0.1) is 6.10 Å². The van der Waals surface area contributed by atoms with Gasteiger partial charge in [-0.2, -0.15) is 0 Å². The highest BCUT2D eigenvalue weighted by molar-refractivity contribution is 9.10. The Labute approximate surface area is 125 Å². The molecule has 2 unspecified atom stereocenters. The first kappa shape index (κ1) is 16.7. The molecule has 1 aromatic rings. The maximum atomic E-state index is 9.97. The van der Waals surface area contributed by atoms with Crippen LogP contribution in [-0.4, -0.2) is 23.8 Å². The molecule has 2 nitrogen and oxygen atoms in total. The molecule has 0 saturated carbocycles. The van der Waals surface area contributed by atoms with Crippen molar-refractivity contribution in [2.24, 2.45) is 5.41 Å². The third-order valence-electron chi connectivity index (χ3n) is 3.01. The van der Waals surface area contributed by atoms with Crippen LogP contribution in [0.3, 0.4) is 0 Å². The van der Waals surface area contributed by atoms with Crippen molar-refractivity contribution in [2.75, 3.05) is 6.54 Å². The van der Waals surface area contributed by atoms with E-state index in [0.29, 0.717) is 12.6 Å². The predicted octanol–water partition coefficient (Wildman–Crippen LogP) is 3.77. The van der Waals surface area contributed by atoms with Gasteiger partial charge in [-0.1, -0.05) is 48.8 Å². The smallest absolute Gasteiger partial charge is 0.0669 e. The summed E-state index contributed by atoms with van der Waals surface area (Å²) in [5, 5.41) is 13.4. The van der Waals surface area contributed by atoms with Gasteiger partial charge in [-0.05, 0) is 42.9 Å². The van der Waals surface area contributed by atoms with Crippen LogP contribution >= 0.6 is 15.9 Å². The number of rotatable bonds is 6. The first-order chi connectivity index (χ1) is 8.76. The van der Waals surface area contributed by atoms with Crippen molar-refractivity contribution in [1.29, 1.82) is 0 Å². The van der Waals surface area contributed by atoms with Gasteiger partial charge in [-0.25, -0.2) is 0 Å². The number of halogens is 1. The lowest BCUT2D eigenvalue weighted by Crippen LogP contribution is -2.36. The Hall–Kier alpha value is -0.380. The summed E-state index contributed by atoms with van der Waals surface area (Å²) >= 11 is 3.44. The molecule has 0 spiro atoms. The quantitative estimate of drug-likeness (QED) is 0.833. The predicted molar refractivity (Wildman–Crippen MR) is 85.4 cm³/mol. The minimum Gasteiger partial charge on any atom is -0.392 e. The van der Waals surface area contributed by atoms with Gasteiger partial charge in [0.15, 0.2) is 0 Å². The van der Waals surface area contributed by atoms with Crippen LogP contribution in [0, 0.1) is 5.41 Å². The largest absolute Gasteiger partial charge is 0.392 e. The monoisotopic (exact) mass is 327 g/mol. The molecular weight excluding hydrogens is 302 g/mol. The Morgan fingerprint density at radius 2 is 1.79 bits per heavy atom. The third-order valence-corrected chi connectivity index (χ3v) is 3.53. The fraction of sp³-hybridized carbons (Fsp3) is 0.625. The molecular formula is C16H26BrNO. The number of aliphatic hydroxyl groups excluding tert-OH is 1. The van der Waals surface area contributed by atoms with Crippen molar-refractivity contribution < 1.29 is 5.11 Å². The first-order valence-electron chi connectivity index (χ1n) is 6.92. The number of aliphatic hydroxyl groups is 1. The Morgan fingerprint density at radius 3 is 2.32 bits per heavy atom. The highest BCUT2D eigenvalue weighted by atomic mass is 79.9. The molecule has 108 valence electrons. The van der Waals surface area contributed by atoms with E-state index in [1.807, 2.05) is 0 Å². The van der Waals surface area contributed by atoms with Crippen LogP contribution in [0.5, 0.6) is 0 Å². The summed E-state index contributed by atoms with van der Waals surface area (Å²) in [5.41, 5.74) is 1.49. The summed E-state index contributed by atoms with van der Waals surface area (Å²) in [6.45, 7) is 9.28. The molecule has 2 atom stereocenters. The molecule has 1 aromatic carbocycles. The molecule has 1 rings (SSSR count). The van der Waals surface area contributed by atoms with Gasteiger partial charge in [-0.15, -0.1) is 0 Å². The highest BCUT2D eigenvalue weighted by Crippen LogP contribution is 2.20. The second-order valence-electron chi connectivity index (χ2n) is 6.56. The van der Waals surface area contributed by atoms with E-state index in [9.17, 15) is 5.11 Å². The normalized spacial score (nSPS) is 15.3. The lowest BCUT2D eigenvalue weighted by atomic mass is 9.89. The van der Waals surface area contributed by atoms with Crippen molar-refractivity contribution in [2.45, 2.75) is 52.7 Å². The fourth-order valence-electron chi connectivity index (χ4n) is 2.16. The van der Waals surface area contributed by atoms with Crippen molar-refractivity contribution in [3.05, 3.63) is 34.3 Å². The van der Waals surface area contributed by atoms with E-state index in [1.165, 1.54) is 5.56 Å². The molecule has 3 heteroatoms. The third kappa shape index (κ3) is 7.71. The van der Waals surface area contributed by atoms with E-state index >= 15 is 0 Å². The second-order valence-corrected chi connectivity index (χ2v) is 7.47. The molecule has 0 fully saturated rings.